The third-order valence-corrected chi connectivity index (χ3v) is 5.77. The van der Waals surface area contributed by atoms with Crippen molar-refractivity contribution in [2.45, 2.75) is 4.90 Å². The summed E-state index contributed by atoms with van der Waals surface area (Å²) in [4.78, 5) is 10.9. The molecule has 6 nitrogen and oxygen atoms in total. The standard InChI is InChI=1S/C17H12FNO5S2/c18-12-8-4-5-9-15(12)26(22,23)19-13-10-14(11-6-2-1-3-7-11)25-16(13)24-17(20)21/h1-10,19H,(H,20,21). The summed E-state index contributed by atoms with van der Waals surface area (Å²) >= 11 is 0.957. The highest BCUT2D eigenvalue weighted by Crippen LogP contribution is 2.41. The normalized spacial score (nSPS) is 11.1. The van der Waals surface area contributed by atoms with Crippen LogP contribution in [0.1, 0.15) is 0 Å². The Labute approximate surface area is 152 Å². The zero-order valence-corrected chi connectivity index (χ0v) is 14.7. The maximum Gasteiger partial charge on any atom is 0.512 e. The van der Waals surface area contributed by atoms with Gasteiger partial charge in [-0.1, -0.05) is 53.8 Å². The van der Waals surface area contributed by atoms with Gasteiger partial charge in [0.25, 0.3) is 10.0 Å². The molecule has 0 aliphatic heterocycles. The third kappa shape index (κ3) is 3.84. The largest absolute Gasteiger partial charge is 0.512 e. The molecule has 0 aliphatic carbocycles. The SMILES string of the molecule is O=C(O)Oc1sc(-c2ccccc2)cc1NS(=O)(=O)c1ccccc1F. The van der Waals surface area contributed by atoms with Gasteiger partial charge in [-0.15, -0.1) is 0 Å². The second kappa shape index (κ2) is 7.14. The Hall–Kier alpha value is -2.91. The molecule has 0 spiro atoms. The molecule has 9 heteroatoms. The van der Waals surface area contributed by atoms with E-state index in [0.717, 1.165) is 29.0 Å². The molecule has 0 saturated carbocycles. The van der Waals surface area contributed by atoms with Gasteiger partial charge in [-0.05, 0) is 23.8 Å². The molecule has 0 atom stereocenters. The fraction of sp³-hybridized carbons (Fsp3) is 0. The minimum absolute atomic E-state index is 0.0838. The summed E-state index contributed by atoms with van der Waals surface area (Å²) in [7, 11) is -4.26. The van der Waals surface area contributed by atoms with Crippen molar-refractivity contribution in [1.82, 2.24) is 0 Å². The number of hydrogen-bond donors (Lipinski definition) is 2. The predicted molar refractivity (Wildman–Crippen MR) is 95.6 cm³/mol. The first-order valence-corrected chi connectivity index (χ1v) is 9.54. The molecule has 0 unspecified atom stereocenters. The number of benzene rings is 2. The smallest absolute Gasteiger partial charge is 0.449 e. The van der Waals surface area contributed by atoms with Crippen LogP contribution in [-0.4, -0.2) is 19.7 Å². The van der Waals surface area contributed by atoms with Gasteiger partial charge in [0, 0.05) is 4.88 Å². The Morgan fingerprint density at radius 3 is 2.38 bits per heavy atom. The number of rotatable bonds is 5. The number of ether oxygens (including phenoxy) is 1. The molecule has 134 valence electrons. The Kier molecular flexibility index (Phi) is 4.92. The van der Waals surface area contributed by atoms with Crippen LogP contribution in [0.5, 0.6) is 5.06 Å². The minimum Gasteiger partial charge on any atom is -0.449 e. The van der Waals surface area contributed by atoms with E-state index in [-0.39, 0.29) is 10.8 Å². The van der Waals surface area contributed by atoms with Crippen molar-refractivity contribution >= 4 is 33.2 Å². The lowest BCUT2D eigenvalue weighted by Gasteiger charge is -2.08. The van der Waals surface area contributed by atoms with Crippen molar-refractivity contribution in [2.75, 3.05) is 4.72 Å². The highest BCUT2D eigenvalue weighted by atomic mass is 32.2. The van der Waals surface area contributed by atoms with Crippen LogP contribution >= 0.6 is 11.3 Å². The van der Waals surface area contributed by atoms with E-state index in [1.165, 1.54) is 18.2 Å². The summed E-state index contributed by atoms with van der Waals surface area (Å²) in [5.74, 6) is -0.917. The fourth-order valence-electron chi connectivity index (χ4n) is 2.21. The van der Waals surface area contributed by atoms with Crippen molar-refractivity contribution in [3.8, 4) is 15.5 Å². The van der Waals surface area contributed by atoms with E-state index >= 15 is 0 Å². The van der Waals surface area contributed by atoms with Crippen LogP contribution in [0.25, 0.3) is 10.4 Å². The van der Waals surface area contributed by atoms with Gasteiger partial charge in [0.05, 0.1) is 0 Å². The van der Waals surface area contributed by atoms with E-state index in [9.17, 15) is 17.6 Å². The van der Waals surface area contributed by atoms with Crippen LogP contribution in [0.2, 0.25) is 0 Å². The molecule has 0 bridgehead atoms. The first kappa shape index (κ1) is 17.9. The van der Waals surface area contributed by atoms with Crippen molar-refractivity contribution in [2.24, 2.45) is 0 Å². The van der Waals surface area contributed by atoms with Gasteiger partial charge < -0.3 is 9.84 Å². The number of thiophene rings is 1. The first-order valence-electron chi connectivity index (χ1n) is 7.24. The van der Waals surface area contributed by atoms with Crippen molar-refractivity contribution in [3.63, 3.8) is 0 Å². The molecule has 2 aromatic carbocycles. The van der Waals surface area contributed by atoms with E-state index in [4.69, 9.17) is 5.11 Å². The second-order valence-corrected chi connectivity index (χ2v) is 7.75. The molecule has 3 rings (SSSR count). The zero-order chi connectivity index (χ0) is 18.7. The van der Waals surface area contributed by atoms with Crippen molar-refractivity contribution in [1.29, 1.82) is 0 Å². The lowest BCUT2D eigenvalue weighted by atomic mass is 10.2. The summed E-state index contributed by atoms with van der Waals surface area (Å²) in [6, 6.07) is 15.3. The van der Waals surface area contributed by atoms with Crippen molar-refractivity contribution in [3.05, 3.63) is 66.5 Å². The van der Waals surface area contributed by atoms with Crippen LogP contribution in [0, 0.1) is 5.82 Å². The summed E-state index contributed by atoms with van der Waals surface area (Å²) in [6.45, 7) is 0. The molecule has 0 amide bonds. The van der Waals surface area contributed by atoms with Crippen LogP contribution in [0.3, 0.4) is 0 Å². The van der Waals surface area contributed by atoms with E-state index in [1.54, 1.807) is 24.3 Å². The molecule has 0 saturated heterocycles. The van der Waals surface area contributed by atoms with Crippen LogP contribution in [0.4, 0.5) is 14.9 Å². The van der Waals surface area contributed by atoms with E-state index < -0.39 is 26.9 Å². The number of nitrogens with one attached hydrogen (secondary N) is 1. The maximum absolute atomic E-state index is 13.8. The molecule has 26 heavy (non-hydrogen) atoms. The number of hydrogen-bond acceptors (Lipinski definition) is 5. The first-order chi connectivity index (χ1) is 12.4. The topological polar surface area (TPSA) is 92.7 Å². The van der Waals surface area contributed by atoms with Gasteiger partial charge in [-0.2, -0.15) is 0 Å². The average molecular weight is 393 g/mol. The Morgan fingerprint density at radius 2 is 1.73 bits per heavy atom. The number of carboxylic acid groups (broad SMARTS) is 1. The van der Waals surface area contributed by atoms with Gasteiger partial charge in [-0.3, -0.25) is 4.72 Å². The van der Waals surface area contributed by atoms with E-state index in [2.05, 4.69) is 9.46 Å². The summed E-state index contributed by atoms with van der Waals surface area (Å²) in [5.41, 5.74) is 0.670. The van der Waals surface area contributed by atoms with Gasteiger partial charge in [0.15, 0.2) is 0 Å². The summed E-state index contributed by atoms with van der Waals surface area (Å²) in [5, 5.41) is 8.72. The predicted octanol–water partition coefficient (Wildman–Crippen LogP) is 4.41. The average Bonchev–Trinajstić information content (AvgIpc) is 2.97. The number of carbonyl (C=O) groups is 1. The summed E-state index contributed by atoms with van der Waals surface area (Å²) in [6.07, 6.45) is -1.59. The van der Waals surface area contributed by atoms with Crippen LogP contribution < -0.4 is 9.46 Å². The van der Waals surface area contributed by atoms with Crippen LogP contribution in [-0.2, 0) is 10.0 Å². The lowest BCUT2D eigenvalue weighted by Crippen LogP contribution is -2.15. The highest BCUT2D eigenvalue weighted by molar-refractivity contribution is 7.92. The third-order valence-electron chi connectivity index (χ3n) is 3.31. The number of sulfonamides is 1. The minimum atomic E-state index is -4.26. The molecule has 0 aliphatic rings. The zero-order valence-electron chi connectivity index (χ0n) is 13.0. The second-order valence-electron chi connectivity index (χ2n) is 5.08. The Balaban J connectivity index is 2.02. The van der Waals surface area contributed by atoms with E-state index in [0.29, 0.717) is 4.88 Å². The summed E-state index contributed by atoms with van der Waals surface area (Å²) < 4.78 is 45.6. The molecule has 0 fully saturated rings. The van der Waals surface area contributed by atoms with E-state index in [1.807, 2.05) is 6.07 Å². The Morgan fingerprint density at radius 1 is 1.08 bits per heavy atom. The molecule has 1 heterocycles. The fourth-order valence-corrected chi connectivity index (χ4v) is 4.37. The molecule has 0 radical (unpaired) electrons. The monoisotopic (exact) mass is 393 g/mol. The Bertz CT molecular complexity index is 1050. The molecule has 2 N–H and O–H groups in total. The molecular weight excluding hydrogens is 381 g/mol. The van der Waals surface area contributed by atoms with Crippen molar-refractivity contribution < 1.29 is 27.4 Å². The number of anilines is 1. The quantitative estimate of drug-likeness (QED) is 0.626. The van der Waals surface area contributed by atoms with Gasteiger partial charge in [0.1, 0.15) is 16.4 Å². The molecule has 3 aromatic rings. The van der Waals surface area contributed by atoms with Gasteiger partial charge >= 0.3 is 6.16 Å². The van der Waals surface area contributed by atoms with Crippen LogP contribution in [0.15, 0.2) is 65.6 Å². The van der Waals surface area contributed by atoms with Gasteiger partial charge in [-0.25, -0.2) is 17.6 Å². The number of halogens is 1. The lowest BCUT2D eigenvalue weighted by molar-refractivity contribution is 0.146. The highest BCUT2D eigenvalue weighted by Gasteiger charge is 2.23. The maximum atomic E-state index is 13.8. The molecule has 1 aromatic heterocycles. The molecular formula is C17H12FNO5S2. The van der Waals surface area contributed by atoms with Gasteiger partial charge in [0.2, 0.25) is 5.06 Å².